The van der Waals surface area contributed by atoms with Gasteiger partial charge in [-0.2, -0.15) is 0 Å². The van der Waals surface area contributed by atoms with Crippen LogP contribution in [0.3, 0.4) is 0 Å². The van der Waals surface area contributed by atoms with Crippen molar-refractivity contribution >= 4 is 0 Å². The summed E-state index contributed by atoms with van der Waals surface area (Å²) in [5.74, 6) is 0. The monoisotopic (exact) mass is 280 g/mol. The zero-order valence-electron chi connectivity index (χ0n) is 9.28. The van der Waals surface area contributed by atoms with Gasteiger partial charge in [0, 0.05) is 6.04 Å². The molecular weight excluding hydrogens is 261 g/mol. The fourth-order valence-electron chi connectivity index (χ4n) is 1.73. The maximum absolute atomic E-state index is 5.63. The Morgan fingerprint density at radius 2 is 1.67 bits per heavy atom. The van der Waals surface area contributed by atoms with Crippen LogP contribution in [0.25, 0.3) is 0 Å². The normalized spacial score (nSPS) is 16.5. The van der Waals surface area contributed by atoms with Crippen LogP contribution in [-0.2, 0) is 28.8 Å². The molecule has 0 heterocycles. The second kappa shape index (κ2) is 8.24. The van der Waals surface area contributed by atoms with Crippen LogP contribution in [0, 0.1) is 0 Å². The number of benzene rings is 1. The third-order valence-electron chi connectivity index (χ3n) is 2.70. The van der Waals surface area contributed by atoms with Crippen LogP contribution < -0.4 is 5.73 Å². The van der Waals surface area contributed by atoms with Crippen LogP contribution in [0.15, 0.2) is 30.3 Å². The predicted octanol–water partition coefficient (Wildman–Crippen LogP) is 3.01. The number of hydrogen-bond donors (Lipinski definition) is 1. The van der Waals surface area contributed by atoms with Gasteiger partial charge in [0.05, 0.1) is 0 Å². The zero-order chi connectivity index (χ0) is 10.9. The van der Waals surface area contributed by atoms with Gasteiger partial charge in [0.25, 0.3) is 0 Å². The van der Waals surface area contributed by atoms with E-state index in [2.05, 4.69) is 30.3 Å². The number of nitrogens with two attached hydrogens (primary N) is 1. The average molecular weight is 282 g/mol. The third-order valence-corrected chi connectivity index (χ3v) is 3.70. The van der Waals surface area contributed by atoms with Gasteiger partial charge in [-0.25, -0.2) is 0 Å². The minimum absolute atomic E-state index is 0.536. The van der Waals surface area contributed by atoms with Crippen molar-refractivity contribution in [3.63, 3.8) is 0 Å². The van der Waals surface area contributed by atoms with Crippen molar-refractivity contribution in [2.24, 2.45) is 5.73 Å². The Labute approximate surface area is 108 Å². The second-order valence-corrected chi connectivity index (χ2v) is 4.93. The van der Waals surface area contributed by atoms with E-state index in [4.69, 9.17) is 5.73 Å². The summed E-state index contributed by atoms with van der Waals surface area (Å²) in [4.78, 5) is 0. The molecule has 1 saturated carbocycles. The Morgan fingerprint density at radius 3 is 2.00 bits per heavy atom. The first-order valence-electron chi connectivity index (χ1n) is 5.77. The molecule has 1 aliphatic rings. The van der Waals surface area contributed by atoms with Crippen LogP contribution >= 0.6 is 0 Å². The van der Waals surface area contributed by atoms with Gasteiger partial charge in [0.2, 0.25) is 0 Å². The molecule has 0 spiro atoms. The van der Waals surface area contributed by atoms with E-state index in [1.54, 1.807) is 24.7 Å². The molecule has 2 N–H and O–H groups in total. The van der Waals surface area contributed by atoms with Gasteiger partial charge in [-0.3, -0.25) is 0 Å². The van der Waals surface area contributed by atoms with Crippen LogP contribution in [-0.4, -0.2) is 6.04 Å². The summed E-state index contributed by atoms with van der Waals surface area (Å²) in [7, 11) is 0. The van der Waals surface area contributed by atoms with Crippen molar-refractivity contribution in [1.82, 2.24) is 0 Å². The molecule has 0 atom stereocenters. The van der Waals surface area contributed by atoms with E-state index in [9.17, 15) is 0 Å². The van der Waals surface area contributed by atoms with Crippen molar-refractivity contribution in [3.05, 3.63) is 35.9 Å². The summed E-state index contributed by atoms with van der Waals surface area (Å²) < 4.78 is 1.23. The summed E-state index contributed by atoms with van der Waals surface area (Å²) >= 11 is 1.59. The van der Waals surface area contributed by atoms with Gasteiger partial charge in [0.15, 0.2) is 0 Å². The molecule has 0 aromatic heterocycles. The Morgan fingerprint density at radius 1 is 1.07 bits per heavy atom. The Kier molecular flexibility index (Phi) is 7.21. The molecule has 1 fully saturated rings. The van der Waals surface area contributed by atoms with Crippen LogP contribution in [0.1, 0.15) is 37.7 Å². The van der Waals surface area contributed by atoms with E-state index in [1.807, 2.05) is 0 Å². The number of rotatable bonds is 1. The molecule has 2 heteroatoms. The predicted molar refractivity (Wildman–Crippen MR) is 61.2 cm³/mol. The molecule has 1 aromatic rings. The van der Waals surface area contributed by atoms with Crippen LogP contribution in [0.4, 0.5) is 0 Å². The molecule has 1 aliphatic carbocycles. The first kappa shape index (κ1) is 13.1. The topological polar surface area (TPSA) is 26.0 Å². The van der Waals surface area contributed by atoms with Gasteiger partial charge >= 0.3 is 64.7 Å². The Hall–Kier alpha value is 0.0631. The maximum atomic E-state index is 5.63. The van der Waals surface area contributed by atoms with Gasteiger partial charge in [-0.15, -0.1) is 0 Å². The summed E-state index contributed by atoms with van der Waals surface area (Å²) in [6, 6.07) is 11.1. The zero-order valence-corrected chi connectivity index (χ0v) is 11.7. The fraction of sp³-hybridized carbons (Fsp3) is 0.538. The molecule has 0 bridgehead atoms. The minimum atomic E-state index is 0.536. The SMILES string of the molecule is NC1CCCCC1.[Zr][CH2]c1ccccc1. The van der Waals surface area contributed by atoms with E-state index in [-0.39, 0.29) is 0 Å². The van der Waals surface area contributed by atoms with E-state index in [1.165, 1.54) is 41.8 Å². The fourth-order valence-corrected chi connectivity index (χ4v) is 2.31. The third kappa shape index (κ3) is 6.27. The molecule has 0 saturated heterocycles. The average Bonchev–Trinajstić information content (AvgIpc) is 2.32. The van der Waals surface area contributed by atoms with Crippen molar-refractivity contribution < 1.29 is 24.7 Å². The van der Waals surface area contributed by atoms with Gasteiger partial charge in [0.1, 0.15) is 0 Å². The first-order chi connectivity index (χ1) is 7.33. The molecule has 81 valence electrons. The molecule has 0 unspecified atom stereocenters. The molecule has 2 rings (SSSR count). The van der Waals surface area contributed by atoms with E-state index < -0.39 is 0 Å². The van der Waals surface area contributed by atoms with Gasteiger partial charge < -0.3 is 5.73 Å². The molecule has 1 aromatic carbocycles. The van der Waals surface area contributed by atoms with E-state index >= 15 is 0 Å². The summed E-state index contributed by atoms with van der Waals surface area (Å²) in [6.45, 7) is 0. The molecule has 15 heavy (non-hydrogen) atoms. The standard InChI is InChI=1S/C7H7.C6H13N.Zr/c1-7-5-3-2-4-6-7;7-6-4-2-1-3-5-6;/h2-6H,1H2;6H,1-5,7H2;. The summed E-state index contributed by atoms with van der Waals surface area (Å²) in [6.07, 6.45) is 6.66. The summed E-state index contributed by atoms with van der Waals surface area (Å²) in [5.41, 5.74) is 7.08. The molecular formula is C13H20NZr. The van der Waals surface area contributed by atoms with Crippen molar-refractivity contribution in [3.8, 4) is 0 Å². The molecule has 0 radical (unpaired) electrons. The van der Waals surface area contributed by atoms with E-state index in [0.29, 0.717) is 6.04 Å². The van der Waals surface area contributed by atoms with Crippen LogP contribution in [0.2, 0.25) is 0 Å². The van der Waals surface area contributed by atoms with Crippen molar-refractivity contribution in [2.75, 3.05) is 0 Å². The quantitative estimate of drug-likeness (QED) is 0.841. The molecule has 0 amide bonds. The van der Waals surface area contributed by atoms with Gasteiger partial charge in [-0.1, -0.05) is 19.3 Å². The Balaban J connectivity index is 0.000000151. The Bertz CT molecular complexity index is 242. The second-order valence-electron chi connectivity index (χ2n) is 4.06. The molecule has 0 aliphatic heterocycles. The number of hydrogen-bond acceptors (Lipinski definition) is 1. The first-order valence-corrected chi connectivity index (χ1v) is 7.51. The van der Waals surface area contributed by atoms with Crippen LogP contribution in [0.5, 0.6) is 0 Å². The van der Waals surface area contributed by atoms with Gasteiger partial charge in [-0.05, 0) is 12.8 Å². The van der Waals surface area contributed by atoms with Crippen molar-refractivity contribution in [2.45, 2.75) is 42.3 Å². The van der Waals surface area contributed by atoms with Crippen molar-refractivity contribution in [1.29, 1.82) is 0 Å². The molecule has 1 nitrogen and oxygen atoms in total. The van der Waals surface area contributed by atoms with E-state index in [0.717, 1.165) is 0 Å². The summed E-state index contributed by atoms with van der Waals surface area (Å²) in [5, 5.41) is 0.